The predicted molar refractivity (Wildman–Crippen MR) is 84.6 cm³/mol. The van der Waals surface area contributed by atoms with E-state index in [1.54, 1.807) is 18.2 Å². The maximum absolute atomic E-state index is 12.1. The van der Waals surface area contributed by atoms with Gasteiger partial charge in [0.05, 0.1) is 0 Å². The van der Waals surface area contributed by atoms with E-state index in [1.807, 2.05) is 0 Å². The monoisotopic (exact) mass is 291 g/mol. The largest absolute Gasteiger partial charge is 0.508 e. The van der Waals surface area contributed by atoms with Gasteiger partial charge >= 0.3 is 6.03 Å². The molecule has 0 atom stereocenters. The quantitative estimate of drug-likeness (QED) is 0.677. The molecule has 5 heteroatoms. The highest BCUT2D eigenvalue weighted by Gasteiger charge is 2.38. The van der Waals surface area contributed by atoms with Gasteiger partial charge in [-0.3, -0.25) is 0 Å². The van der Waals surface area contributed by atoms with Crippen LogP contribution in [-0.2, 0) is 0 Å². The van der Waals surface area contributed by atoms with Gasteiger partial charge < -0.3 is 21.1 Å². The third-order valence-electron chi connectivity index (χ3n) is 3.63. The van der Waals surface area contributed by atoms with Crippen molar-refractivity contribution in [1.29, 1.82) is 0 Å². The summed E-state index contributed by atoms with van der Waals surface area (Å²) in [4.78, 5) is 12.1. The van der Waals surface area contributed by atoms with Crippen molar-refractivity contribution < 1.29 is 9.90 Å². The van der Waals surface area contributed by atoms with Crippen LogP contribution in [0.4, 0.5) is 10.5 Å². The maximum Gasteiger partial charge on any atom is 0.319 e. The molecule has 1 aliphatic heterocycles. The van der Waals surface area contributed by atoms with E-state index in [9.17, 15) is 9.90 Å². The molecule has 0 aliphatic carbocycles. The number of rotatable bonds is 2. The normalized spacial score (nSPS) is 20.8. The Balaban J connectivity index is 1.96. The van der Waals surface area contributed by atoms with Crippen LogP contribution in [0.3, 0.4) is 0 Å². The Hall–Kier alpha value is -1.75. The minimum absolute atomic E-state index is 0.00921. The average Bonchev–Trinajstić information content (AvgIpc) is 2.23. The molecule has 1 fully saturated rings. The van der Waals surface area contributed by atoms with Crippen molar-refractivity contribution in [2.24, 2.45) is 0 Å². The second kappa shape index (κ2) is 5.56. The van der Waals surface area contributed by atoms with Crippen molar-refractivity contribution in [3.05, 3.63) is 24.3 Å². The van der Waals surface area contributed by atoms with Crippen LogP contribution in [0, 0.1) is 0 Å². The van der Waals surface area contributed by atoms with Gasteiger partial charge in [0.15, 0.2) is 0 Å². The van der Waals surface area contributed by atoms with Crippen LogP contribution in [-0.4, -0.2) is 28.3 Å². The Morgan fingerprint density at radius 2 is 1.86 bits per heavy atom. The van der Waals surface area contributed by atoms with E-state index in [4.69, 9.17) is 0 Å². The number of benzene rings is 1. The standard InChI is InChI=1S/C16H25N3O2/c1-15(2)9-12(10-16(3,4)19-15)18-14(21)17-11-6-5-7-13(20)8-11/h5-8,12,19-20H,9-10H2,1-4H3,(H2,17,18,21). The van der Waals surface area contributed by atoms with Gasteiger partial charge in [-0.1, -0.05) is 6.07 Å². The third kappa shape index (κ3) is 4.63. The molecule has 1 heterocycles. The maximum atomic E-state index is 12.1. The number of carbonyl (C=O) groups excluding carboxylic acids is 1. The molecule has 21 heavy (non-hydrogen) atoms. The van der Waals surface area contributed by atoms with Gasteiger partial charge in [-0.2, -0.15) is 0 Å². The number of phenolic OH excluding ortho intramolecular Hbond substituents is 1. The highest BCUT2D eigenvalue weighted by Crippen LogP contribution is 2.28. The van der Waals surface area contributed by atoms with Crippen molar-refractivity contribution in [3.63, 3.8) is 0 Å². The molecule has 0 unspecified atom stereocenters. The summed E-state index contributed by atoms with van der Waals surface area (Å²) in [5.74, 6) is 0.136. The molecule has 1 saturated heterocycles. The van der Waals surface area contributed by atoms with Gasteiger partial charge in [0.25, 0.3) is 0 Å². The number of urea groups is 1. The number of hydrogen-bond acceptors (Lipinski definition) is 3. The molecule has 4 N–H and O–H groups in total. The van der Waals surface area contributed by atoms with Crippen LogP contribution >= 0.6 is 0 Å². The fraction of sp³-hybridized carbons (Fsp3) is 0.562. The lowest BCUT2D eigenvalue weighted by Crippen LogP contribution is -2.62. The molecule has 2 rings (SSSR count). The molecule has 0 bridgehead atoms. The Morgan fingerprint density at radius 3 is 2.43 bits per heavy atom. The smallest absolute Gasteiger partial charge is 0.319 e. The number of anilines is 1. The predicted octanol–water partition coefficient (Wildman–Crippen LogP) is 2.82. The molecule has 5 nitrogen and oxygen atoms in total. The van der Waals surface area contributed by atoms with Crippen molar-refractivity contribution in [1.82, 2.24) is 10.6 Å². The third-order valence-corrected chi connectivity index (χ3v) is 3.63. The minimum atomic E-state index is -0.237. The van der Waals surface area contributed by atoms with E-state index in [-0.39, 0.29) is 28.9 Å². The lowest BCUT2D eigenvalue weighted by Gasteiger charge is -2.46. The summed E-state index contributed by atoms with van der Waals surface area (Å²) in [6, 6.07) is 6.42. The van der Waals surface area contributed by atoms with E-state index in [0.717, 1.165) is 12.8 Å². The molecule has 116 valence electrons. The summed E-state index contributed by atoms with van der Waals surface area (Å²) < 4.78 is 0. The second-order valence-electron chi connectivity index (χ2n) is 7.15. The van der Waals surface area contributed by atoms with Gasteiger partial charge in [0.2, 0.25) is 0 Å². The molecular formula is C16H25N3O2. The summed E-state index contributed by atoms with van der Waals surface area (Å²) >= 11 is 0. The lowest BCUT2D eigenvalue weighted by atomic mass is 9.80. The zero-order valence-electron chi connectivity index (χ0n) is 13.2. The first-order valence-electron chi connectivity index (χ1n) is 7.31. The van der Waals surface area contributed by atoms with Gasteiger partial charge in [0.1, 0.15) is 5.75 Å². The average molecular weight is 291 g/mol. The molecule has 0 saturated carbocycles. The minimum Gasteiger partial charge on any atom is -0.508 e. The first-order chi connectivity index (χ1) is 9.65. The van der Waals surface area contributed by atoms with E-state index in [0.29, 0.717) is 5.69 Å². The number of amides is 2. The van der Waals surface area contributed by atoms with Crippen LogP contribution in [0.15, 0.2) is 24.3 Å². The van der Waals surface area contributed by atoms with Crippen LogP contribution < -0.4 is 16.0 Å². The first-order valence-corrected chi connectivity index (χ1v) is 7.31. The van der Waals surface area contributed by atoms with Crippen molar-refractivity contribution >= 4 is 11.7 Å². The molecular weight excluding hydrogens is 266 g/mol. The number of nitrogens with one attached hydrogen (secondary N) is 3. The van der Waals surface area contributed by atoms with Crippen LogP contribution in [0.5, 0.6) is 5.75 Å². The topological polar surface area (TPSA) is 73.4 Å². The molecule has 1 aromatic rings. The Morgan fingerprint density at radius 1 is 1.24 bits per heavy atom. The van der Waals surface area contributed by atoms with Crippen LogP contribution in [0.25, 0.3) is 0 Å². The highest BCUT2D eigenvalue weighted by atomic mass is 16.3. The molecule has 0 aromatic heterocycles. The molecule has 1 aromatic carbocycles. The molecule has 2 amide bonds. The van der Waals surface area contributed by atoms with E-state index < -0.39 is 0 Å². The summed E-state index contributed by atoms with van der Waals surface area (Å²) in [6.07, 6.45) is 1.76. The van der Waals surface area contributed by atoms with Gasteiger partial charge in [-0.25, -0.2) is 4.79 Å². The van der Waals surface area contributed by atoms with Crippen LogP contribution in [0.1, 0.15) is 40.5 Å². The molecule has 0 radical (unpaired) electrons. The van der Waals surface area contributed by atoms with E-state index in [2.05, 4.69) is 43.6 Å². The van der Waals surface area contributed by atoms with E-state index >= 15 is 0 Å². The number of piperidine rings is 1. The number of phenols is 1. The number of carbonyl (C=O) groups is 1. The van der Waals surface area contributed by atoms with Crippen molar-refractivity contribution in [2.45, 2.75) is 57.7 Å². The number of aromatic hydroxyl groups is 1. The van der Waals surface area contributed by atoms with Crippen molar-refractivity contribution in [2.75, 3.05) is 5.32 Å². The summed E-state index contributed by atoms with van der Waals surface area (Å²) in [5, 5.41) is 18.8. The first kappa shape index (κ1) is 15.6. The Bertz CT molecular complexity index is 510. The van der Waals surface area contributed by atoms with E-state index in [1.165, 1.54) is 6.07 Å². The zero-order valence-corrected chi connectivity index (χ0v) is 13.2. The fourth-order valence-corrected chi connectivity index (χ4v) is 3.36. The fourth-order valence-electron chi connectivity index (χ4n) is 3.36. The lowest BCUT2D eigenvalue weighted by molar-refractivity contribution is 0.149. The summed E-state index contributed by atoms with van der Waals surface area (Å²) in [6.45, 7) is 8.59. The highest BCUT2D eigenvalue weighted by molar-refractivity contribution is 5.89. The molecule has 1 aliphatic rings. The second-order valence-corrected chi connectivity index (χ2v) is 7.15. The molecule has 0 spiro atoms. The SMILES string of the molecule is CC1(C)CC(NC(=O)Nc2cccc(O)c2)CC(C)(C)N1. The van der Waals surface area contributed by atoms with Gasteiger partial charge in [0, 0.05) is 28.9 Å². The van der Waals surface area contributed by atoms with Gasteiger partial charge in [-0.15, -0.1) is 0 Å². The zero-order chi connectivity index (χ0) is 15.7. The Labute approximate surface area is 126 Å². The summed E-state index contributed by atoms with van der Waals surface area (Å²) in [5.41, 5.74) is 0.565. The van der Waals surface area contributed by atoms with Crippen molar-refractivity contribution in [3.8, 4) is 5.75 Å². The number of hydrogen-bond donors (Lipinski definition) is 4. The van der Waals surface area contributed by atoms with Crippen LogP contribution in [0.2, 0.25) is 0 Å². The Kier molecular flexibility index (Phi) is 4.14. The summed E-state index contributed by atoms with van der Waals surface area (Å²) in [7, 11) is 0. The van der Waals surface area contributed by atoms with Gasteiger partial charge in [-0.05, 0) is 52.7 Å².